The first-order chi connectivity index (χ1) is 11.8. The smallest absolute Gasteiger partial charge is 0.198 e. The standard InChI is InChI=1S/C18H26BrN3O2Si/c1-14-17(19)21-18(22(14)13-24-11-12-25(2,3)4)16(23)6-5-15-7-9-20-10-8-15/h7-10H,5-6,11-13H2,1-4H3. The molecule has 2 rings (SSSR count). The number of aryl methyl sites for hydroxylation is 1. The summed E-state index contributed by atoms with van der Waals surface area (Å²) in [6.07, 6.45) is 4.59. The number of carbonyl (C=O) groups excluding carboxylic acids is 1. The molecule has 7 heteroatoms. The van der Waals surface area contributed by atoms with Crippen LogP contribution in [-0.4, -0.2) is 35.0 Å². The fraction of sp³-hybridized carbons (Fsp3) is 0.500. The Morgan fingerprint density at radius 3 is 2.60 bits per heavy atom. The first-order valence-corrected chi connectivity index (χ1v) is 13.0. The van der Waals surface area contributed by atoms with Crippen molar-refractivity contribution in [1.82, 2.24) is 14.5 Å². The van der Waals surface area contributed by atoms with Crippen molar-refractivity contribution in [2.75, 3.05) is 6.61 Å². The molecule has 0 saturated carbocycles. The molecule has 0 bridgehead atoms. The molecule has 0 saturated heterocycles. The Balaban J connectivity index is 1.99. The summed E-state index contributed by atoms with van der Waals surface area (Å²) in [7, 11) is -1.12. The fourth-order valence-electron chi connectivity index (χ4n) is 2.33. The highest BCUT2D eigenvalue weighted by molar-refractivity contribution is 9.10. The second-order valence-electron chi connectivity index (χ2n) is 7.37. The molecule has 0 radical (unpaired) electrons. The summed E-state index contributed by atoms with van der Waals surface area (Å²) in [5.41, 5.74) is 2.02. The van der Waals surface area contributed by atoms with E-state index in [4.69, 9.17) is 4.74 Å². The van der Waals surface area contributed by atoms with Gasteiger partial charge in [0.05, 0.1) is 5.69 Å². The monoisotopic (exact) mass is 423 g/mol. The van der Waals surface area contributed by atoms with E-state index in [0.29, 0.717) is 30.0 Å². The summed E-state index contributed by atoms with van der Waals surface area (Å²) >= 11 is 3.43. The van der Waals surface area contributed by atoms with E-state index in [2.05, 4.69) is 45.5 Å². The Morgan fingerprint density at radius 2 is 1.96 bits per heavy atom. The minimum absolute atomic E-state index is 0.0272. The Bertz CT molecular complexity index is 711. The van der Waals surface area contributed by atoms with Crippen LogP contribution >= 0.6 is 15.9 Å². The van der Waals surface area contributed by atoms with Gasteiger partial charge in [0.1, 0.15) is 11.3 Å². The number of pyridine rings is 1. The number of imidazole rings is 1. The summed E-state index contributed by atoms with van der Waals surface area (Å²) in [6, 6.07) is 4.97. The molecule has 5 nitrogen and oxygen atoms in total. The average Bonchev–Trinajstić information content (AvgIpc) is 2.85. The van der Waals surface area contributed by atoms with Gasteiger partial charge in [0.15, 0.2) is 11.6 Å². The van der Waals surface area contributed by atoms with Crippen molar-refractivity contribution < 1.29 is 9.53 Å². The van der Waals surface area contributed by atoms with Gasteiger partial charge in [-0.2, -0.15) is 0 Å². The maximum absolute atomic E-state index is 12.6. The third-order valence-electron chi connectivity index (χ3n) is 4.02. The molecular weight excluding hydrogens is 398 g/mol. The van der Waals surface area contributed by atoms with Crippen LogP contribution in [0.3, 0.4) is 0 Å². The highest BCUT2D eigenvalue weighted by atomic mass is 79.9. The van der Waals surface area contributed by atoms with Crippen molar-refractivity contribution in [1.29, 1.82) is 0 Å². The van der Waals surface area contributed by atoms with Crippen LogP contribution < -0.4 is 0 Å². The van der Waals surface area contributed by atoms with Gasteiger partial charge < -0.3 is 9.30 Å². The average molecular weight is 424 g/mol. The summed E-state index contributed by atoms with van der Waals surface area (Å²) < 4.78 is 8.39. The van der Waals surface area contributed by atoms with Crippen LogP contribution in [-0.2, 0) is 17.9 Å². The van der Waals surface area contributed by atoms with E-state index in [1.165, 1.54) is 0 Å². The predicted octanol–water partition coefficient (Wildman–Crippen LogP) is 4.48. The third kappa shape index (κ3) is 6.16. The van der Waals surface area contributed by atoms with Crippen LogP contribution in [0, 0.1) is 6.92 Å². The Labute approximate surface area is 159 Å². The van der Waals surface area contributed by atoms with Gasteiger partial charge in [0.25, 0.3) is 0 Å². The molecule has 0 amide bonds. The van der Waals surface area contributed by atoms with Crippen molar-refractivity contribution >= 4 is 29.8 Å². The van der Waals surface area contributed by atoms with Crippen LogP contribution in [0.15, 0.2) is 29.1 Å². The number of halogens is 1. The molecule has 0 N–H and O–H groups in total. The van der Waals surface area contributed by atoms with Gasteiger partial charge in [-0.05, 0) is 53.0 Å². The lowest BCUT2D eigenvalue weighted by atomic mass is 10.1. The molecule has 2 aromatic heterocycles. The number of Topliss-reactive ketones (excluding diaryl/α,β-unsaturated/α-hetero) is 1. The topological polar surface area (TPSA) is 57.0 Å². The summed E-state index contributed by atoms with van der Waals surface area (Å²) in [5, 5.41) is 0. The molecule has 0 unspecified atom stereocenters. The van der Waals surface area contributed by atoms with Crippen LogP contribution in [0.1, 0.15) is 28.3 Å². The number of rotatable bonds is 9. The third-order valence-corrected chi connectivity index (χ3v) is 6.47. The van der Waals surface area contributed by atoms with Crippen LogP contribution in [0.4, 0.5) is 0 Å². The minimum Gasteiger partial charge on any atom is -0.361 e. The first-order valence-electron chi connectivity index (χ1n) is 8.50. The van der Waals surface area contributed by atoms with E-state index in [0.717, 1.165) is 23.9 Å². The number of hydrogen-bond donors (Lipinski definition) is 0. The Hall–Kier alpha value is -1.31. The van der Waals surface area contributed by atoms with E-state index >= 15 is 0 Å². The molecule has 0 aliphatic rings. The van der Waals surface area contributed by atoms with Crippen LogP contribution in [0.2, 0.25) is 25.7 Å². The molecule has 0 atom stereocenters. The molecule has 2 aromatic rings. The largest absolute Gasteiger partial charge is 0.361 e. The van der Waals surface area contributed by atoms with Gasteiger partial charge in [-0.25, -0.2) is 4.98 Å². The number of ketones is 1. The fourth-order valence-corrected chi connectivity index (χ4v) is 3.47. The lowest BCUT2D eigenvalue weighted by molar-refractivity contribution is 0.0785. The maximum Gasteiger partial charge on any atom is 0.198 e. The Kier molecular flexibility index (Phi) is 7.10. The Morgan fingerprint density at radius 1 is 1.28 bits per heavy atom. The molecule has 136 valence electrons. The van der Waals surface area contributed by atoms with E-state index < -0.39 is 8.07 Å². The zero-order valence-corrected chi connectivity index (χ0v) is 18.0. The predicted molar refractivity (Wildman–Crippen MR) is 106 cm³/mol. The quantitative estimate of drug-likeness (QED) is 0.338. The number of aromatic nitrogens is 3. The van der Waals surface area contributed by atoms with Crippen molar-refractivity contribution in [3.63, 3.8) is 0 Å². The van der Waals surface area contributed by atoms with Crippen LogP contribution in [0.25, 0.3) is 0 Å². The second kappa shape index (κ2) is 8.87. The highest BCUT2D eigenvalue weighted by Gasteiger charge is 2.19. The first kappa shape index (κ1) is 20.0. The lowest BCUT2D eigenvalue weighted by Gasteiger charge is -2.16. The van der Waals surface area contributed by atoms with Gasteiger partial charge >= 0.3 is 0 Å². The normalized spacial score (nSPS) is 11.7. The molecule has 0 aliphatic carbocycles. The SMILES string of the molecule is Cc1c(Br)nc(C(=O)CCc2ccncc2)n1COCC[Si](C)(C)C. The van der Waals surface area contributed by atoms with Gasteiger partial charge in [-0.15, -0.1) is 0 Å². The van der Waals surface area contributed by atoms with Gasteiger partial charge in [-0.1, -0.05) is 19.6 Å². The van der Waals surface area contributed by atoms with Gasteiger partial charge in [0, 0.05) is 33.5 Å². The molecule has 0 fully saturated rings. The van der Waals surface area contributed by atoms with E-state index in [9.17, 15) is 4.79 Å². The van der Waals surface area contributed by atoms with Crippen molar-refractivity contribution in [3.05, 3.63) is 46.2 Å². The summed E-state index contributed by atoms with van der Waals surface area (Å²) in [4.78, 5) is 21.0. The van der Waals surface area contributed by atoms with Gasteiger partial charge in [-0.3, -0.25) is 9.78 Å². The van der Waals surface area contributed by atoms with Crippen LogP contribution in [0.5, 0.6) is 0 Å². The molecule has 2 heterocycles. The maximum atomic E-state index is 12.6. The van der Waals surface area contributed by atoms with E-state index in [1.807, 2.05) is 23.6 Å². The molecular formula is C18H26BrN3O2Si. The number of ether oxygens (including phenoxy) is 1. The van der Waals surface area contributed by atoms with E-state index in [1.54, 1.807) is 12.4 Å². The molecule has 0 spiro atoms. The minimum atomic E-state index is -1.12. The highest BCUT2D eigenvalue weighted by Crippen LogP contribution is 2.19. The zero-order valence-electron chi connectivity index (χ0n) is 15.4. The van der Waals surface area contributed by atoms with Gasteiger partial charge in [0.2, 0.25) is 0 Å². The number of carbonyl (C=O) groups is 1. The zero-order chi connectivity index (χ0) is 18.4. The molecule has 0 aliphatic heterocycles. The number of hydrogen-bond acceptors (Lipinski definition) is 4. The molecule has 0 aromatic carbocycles. The summed E-state index contributed by atoms with van der Waals surface area (Å²) in [6.45, 7) is 10.00. The number of nitrogens with zero attached hydrogens (tertiary/aromatic N) is 3. The summed E-state index contributed by atoms with van der Waals surface area (Å²) in [5.74, 6) is 0.492. The van der Waals surface area contributed by atoms with E-state index in [-0.39, 0.29) is 5.78 Å². The van der Waals surface area contributed by atoms with Crippen molar-refractivity contribution in [2.45, 2.75) is 52.2 Å². The lowest BCUT2D eigenvalue weighted by Crippen LogP contribution is -2.22. The van der Waals surface area contributed by atoms with Crippen molar-refractivity contribution in [3.8, 4) is 0 Å². The second-order valence-corrected chi connectivity index (χ2v) is 13.7. The van der Waals surface area contributed by atoms with Crippen molar-refractivity contribution in [2.24, 2.45) is 0 Å². The molecule has 25 heavy (non-hydrogen) atoms.